The Morgan fingerprint density at radius 2 is 2.20 bits per heavy atom. The summed E-state index contributed by atoms with van der Waals surface area (Å²) >= 11 is 0. The van der Waals surface area contributed by atoms with Crippen molar-refractivity contribution in [2.24, 2.45) is 5.92 Å². The largest absolute Gasteiger partial charge is 0.619 e. The molecule has 2 rings (SSSR count). The standard InChI is InChI=1S/C15H23N3O2/c1-12(2)17-7-3-4-13(11-17)10-16-15(19)14-5-8-18(20)9-6-14/h5-6,8-9,12-13H,3-4,7,10-11H2,1-2H3,(H,16,19). The van der Waals surface area contributed by atoms with Crippen LogP contribution in [0.2, 0.25) is 0 Å². The number of hydrogen-bond donors (Lipinski definition) is 1. The van der Waals surface area contributed by atoms with Crippen LogP contribution in [0.3, 0.4) is 0 Å². The summed E-state index contributed by atoms with van der Waals surface area (Å²) in [6, 6.07) is 3.66. The molecule has 1 aromatic rings. The third-order valence-electron chi connectivity index (χ3n) is 3.90. The number of amides is 1. The summed E-state index contributed by atoms with van der Waals surface area (Å²) < 4.78 is 0.679. The third-order valence-corrected chi connectivity index (χ3v) is 3.90. The quantitative estimate of drug-likeness (QED) is 0.664. The Bertz CT molecular complexity index is 445. The second-order valence-corrected chi connectivity index (χ2v) is 5.75. The fourth-order valence-corrected chi connectivity index (χ4v) is 2.64. The summed E-state index contributed by atoms with van der Waals surface area (Å²) in [5.41, 5.74) is 0.536. The Morgan fingerprint density at radius 1 is 1.50 bits per heavy atom. The zero-order chi connectivity index (χ0) is 14.5. The lowest BCUT2D eigenvalue weighted by molar-refractivity contribution is -0.605. The van der Waals surface area contributed by atoms with Crippen molar-refractivity contribution in [1.29, 1.82) is 0 Å². The van der Waals surface area contributed by atoms with Gasteiger partial charge in [0.2, 0.25) is 0 Å². The van der Waals surface area contributed by atoms with Crippen LogP contribution in [0.5, 0.6) is 0 Å². The lowest BCUT2D eigenvalue weighted by Gasteiger charge is -2.35. The van der Waals surface area contributed by atoms with Crippen molar-refractivity contribution in [2.75, 3.05) is 19.6 Å². The first kappa shape index (κ1) is 14.8. The summed E-state index contributed by atoms with van der Waals surface area (Å²) in [6.45, 7) is 7.33. The van der Waals surface area contributed by atoms with Crippen LogP contribution in [0.15, 0.2) is 24.5 Å². The topological polar surface area (TPSA) is 59.3 Å². The average Bonchev–Trinajstić information content (AvgIpc) is 2.46. The number of pyridine rings is 1. The number of carbonyl (C=O) groups excluding carboxylic acids is 1. The molecule has 0 saturated carbocycles. The molecule has 0 aliphatic carbocycles. The van der Waals surface area contributed by atoms with Gasteiger partial charge in [-0.05, 0) is 39.2 Å². The Hall–Kier alpha value is -1.62. The summed E-state index contributed by atoms with van der Waals surface area (Å²) in [6.07, 6.45) is 5.05. The highest BCUT2D eigenvalue weighted by Crippen LogP contribution is 2.17. The fraction of sp³-hybridized carbons (Fsp3) is 0.600. The van der Waals surface area contributed by atoms with Crippen LogP contribution in [0.25, 0.3) is 0 Å². The van der Waals surface area contributed by atoms with Crippen molar-refractivity contribution < 1.29 is 9.52 Å². The van der Waals surface area contributed by atoms with E-state index in [9.17, 15) is 10.0 Å². The van der Waals surface area contributed by atoms with Gasteiger partial charge in [-0.2, -0.15) is 4.73 Å². The van der Waals surface area contributed by atoms with E-state index in [0.29, 0.717) is 28.8 Å². The lowest BCUT2D eigenvalue weighted by Crippen LogP contribution is -2.43. The smallest absolute Gasteiger partial charge is 0.251 e. The molecule has 5 nitrogen and oxygen atoms in total. The number of aromatic nitrogens is 1. The molecular formula is C15H23N3O2. The van der Waals surface area contributed by atoms with Crippen molar-refractivity contribution in [3.8, 4) is 0 Å². The number of nitrogens with one attached hydrogen (secondary N) is 1. The number of rotatable bonds is 4. The van der Waals surface area contributed by atoms with Crippen LogP contribution in [0.4, 0.5) is 0 Å². The molecule has 1 aliphatic heterocycles. The van der Waals surface area contributed by atoms with Crippen molar-refractivity contribution in [1.82, 2.24) is 10.2 Å². The summed E-state index contributed by atoms with van der Waals surface area (Å²) in [7, 11) is 0. The van der Waals surface area contributed by atoms with Crippen LogP contribution < -0.4 is 10.0 Å². The molecule has 1 amide bonds. The Balaban J connectivity index is 1.82. The Morgan fingerprint density at radius 3 is 2.85 bits per heavy atom. The van der Waals surface area contributed by atoms with Crippen LogP contribution in [0, 0.1) is 11.1 Å². The van der Waals surface area contributed by atoms with Crippen LogP contribution in [-0.2, 0) is 0 Å². The van der Waals surface area contributed by atoms with E-state index in [1.807, 2.05) is 0 Å². The van der Waals surface area contributed by atoms with E-state index in [4.69, 9.17) is 0 Å². The first-order valence-electron chi connectivity index (χ1n) is 7.27. The third kappa shape index (κ3) is 3.93. The molecule has 110 valence electrons. The molecule has 1 unspecified atom stereocenters. The average molecular weight is 277 g/mol. The van der Waals surface area contributed by atoms with E-state index in [2.05, 4.69) is 24.1 Å². The number of hydrogen-bond acceptors (Lipinski definition) is 3. The molecule has 1 aliphatic rings. The van der Waals surface area contributed by atoms with Gasteiger partial charge in [0.25, 0.3) is 5.91 Å². The van der Waals surface area contributed by atoms with Gasteiger partial charge in [0.1, 0.15) is 0 Å². The van der Waals surface area contributed by atoms with Gasteiger partial charge in [-0.15, -0.1) is 0 Å². The maximum Gasteiger partial charge on any atom is 0.251 e. The summed E-state index contributed by atoms with van der Waals surface area (Å²) in [5.74, 6) is 0.413. The molecule has 0 spiro atoms. The highest BCUT2D eigenvalue weighted by atomic mass is 16.5. The molecular weight excluding hydrogens is 254 g/mol. The van der Waals surface area contributed by atoms with Crippen molar-refractivity contribution in [3.05, 3.63) is 35.3 Å². The van der Waals surface area contributed by atoms with Crippen molar-refractivity contribution >= 4 is 5.91 Å². The predicted octanol–water partition coefficient (Wildman–Crippen LogP) is 1.17. The number of likely N-dealkylation sites (tertiary alicyclic amines) is 1. The predicted molar refractivity (Wildman–Crippen MR) is 77.2 cm³/mol. The SMILES string of the molecule is CC(C)N1CCCC(CNC(=O)c2cc[n+]([O-])cc2)C1. The maximum atomic E-state index is 12.0. The highest BCUT2D eigenvalue weighted by molar-refractivity contribution is 5.93. The van der Waals surface area contributed by atoms with Crippen LogP contribution >= 0.6 is 0 Å². The molecule has 0 radical (unpaired) electrons. The fourth-order valence-electron chi connectivity index (χ4n) is 2.64. The Labute approximate surface area is 120 Å². The van der Waals surface area contributed by atoms with Gasteiger partial charge in [-0.3, -0.25) is 4.79 Å². The van der Waals surface area contributed by atoms with Gasteiger partial charge in [0.05, 0.1) is 5.56 Å². The van der Waals surface area contributed by atoms with Gasteiger partial charge < -0.3 is 15.4 Å². The van der Waals surface area contributed by atoms with Crippen LogP contribution in [-0.4, -0.2) is 36.5 Å². The second kappa shape index (κ2) is 6.70. The first-order chi connectivity index (χ1) is 9.56. The molecule has 1 aromatic heterocycles. The van der Waals surface area contributed by atoms with Gasteiger partial charge in [0, 0.05) is 31.3 Å². The highest BCUT2D eigenvalue weighted by Gasteiger charge is 2.22. The molecule has 1 fully saturated rings. The number of carbonyl (C=O) groups is 1. The van der Waals surface area contributed by atoms with Gasteiger partial charge in [-0.1, -0.05) is 0 Å². The van der Waals surface area contributed by atoms with Gasteiger partial charge in [-0.25, -0.2) is 0 Å². The van der Waals surface area contributed by atoms with Crippen molar-refractivity contribution in [3.63, 3.8) is 0 Å². The van der Waals surface area contributed by atoms with E-state index in [1.165, 1.54) is 25.2 Å². The van der Waals surface area contributed by atoms with E-state index in [0.717, 1.165) is 13.1 Å². The summed E-state index contributed by atoms with van der Waals surface area (Å²) in [4.78, 5) is 14.4. The molecule has 1 saturated heterocycles. The minimum absolute atomic E-state index is 0.104. The molecule has 0 aromatic carbocycles. The second-order valence-electron chi connectivity index (χ2n) is 5.75. The molecule has 2 heterocycles. The van der Waals surface area contributed by atoms with Gasteiger partial charge in [0.15, 0.2) is 12.4 Å². The Kier molecular flexibility index (Phi) is 4.95. The molecule has 1 N–H and O–H groups in total. The van der Waals surface area contributed by atoms with Gasteiger partial charge >= 0.3 is 0 Å². The minimum atomic E-state index is -0.104. The van der Waals surface area contributed by atoms with E-state index >= 15 is 0 Å². The lowest BCUT2D eigenvalue weighted by atomic mass is 9.97. The van der Waals surface area contributed by atoms with Crippen LogP contribution in [0.1, 0.15) is 37.0 Å². The first-order valence-corrected chi connectivity index (χ1v) is 7.27. The van der Waals surface area contributed by atoms with Crippen molar-refractivity contribution in [2.45, 2.75) is 32.7 Å². The number of nitrogens with zero attached hydrogens (tertiary/aromatic N) is 2. The zero-order valence-electron chi connectivity index (χ0n) is 12.2. The van der Waals surface area contributed by atoms with E-state index in [-0.39, 0.29) is 5.91 Å². The molecule has 20 heavy (non-hydrogen) atoms. The zero-order valence-corrected chi connectivity index (χ0v) is 12.2. The van der Waals surface area contributed by atoms with E-state index in [1.54, 1.807) is 12.1 Å². The minimum Gasteiger partial charge on any atom is -0.619 e. The molecule has 0 bridgehead atoms. The number of piperidine rings is 1. The molecule has 5 heteroatoms. The monoisotopic (exact) mass is 277 g/mol. The normalized spacial score (nSPS) is 20.1. The van der Waals surface area contributed by atoms with E-state index < -0.39 is 0 Å². The summed E-state index contributed by atoms with van der Waals surface area (Å²) in [5, 5.41) is 13.9. The maximum absolute atomic E-state index is 12.0. The molecule has 1 atom stereocenters.